The minimum Gasteiger partial charge on any atom is -0.354 e. The highest BCUT2D eigenvalue weighted by atomic mass is 32.1. The van der Waals surface area contributed by atoms with Crippen LogP contribution in [-0.2, 0) is 11.3 Å². The van der Waals surface area contributed by atoms with Crippen LogP contribution < -0.4 is 10.9 Å². The number of nitrogens with zero attached hydrogens (tertiary/aromatic N) is 2. The quantitative estimate of drug-likeness (QED) is 0.782. The Balaban J connectivity index is 1.62. The van der Waals surface area contributed by atoms with Crippen molar-refractivity contribution in [3.8, 4) is 0 Å². The summed E-state index contributed by atoms with van der Waals surface area (Å²) >= 11 is 1.37. The second-order valence-corrected chi connectivity index (χ2v) is 6.34. The zero-order valence-corrected chi connectivity index (χ0v) is 13.5. The molecular weight excluding hydrogens is 310 g/mol. The van der Waals surface area contributed by atoms with Crippen molar-refractivity contribution in [1.82, 2.24) is 15.1 Å². The van der Waals surface area contributed by atoms with Gasteiger partial charge < -0.3 is 5.32 Å². The van der Waals surface area contributed by atoms with Crippen LogP contribution in [-0.4, -0.2) is 22.2 Å². The van der Waals surface area contributed by atoms with E-state index in [1.807, 2.05) is 41.8 Å². The van der Waals surface area contributed by atoms with Crippen molar-refractivity contribution in [2.45, 2.75) is 19.4 Å². The Hall–Kier alpha value is -2.47. The van der Waals surface area contributed by atoms with Gasteiger partial charge in [-0.15, -0.1) is 11.3 Å². The summed E-state index contributed by atoms with van der Waals surface area (Å²) in [4.78, 5) is 24.3. The summed E-state index contributed by atoms with van der Waals surface area (Å²) in [6.07, 6.45) is 1.62. The standard InChI is InChI=1S/C17H17N3O2S/c1-12(13-5-3-2-4-6-13)9-18-15(21)11-20-17(22)16-14(10-19-20)7-8-23-16/h2-8,10,12H,9,11H2,1H3,(H,18,21). The molecule has 3 rings (SSSR count). The first-order valence-corrected chi connectivity index (χ1v) is 8.28. The SMILES string of the molecule is CC(CNC(=O)Cn1ncc2ccsc2c1=O)c1ccccc1. The van der Waals surface area contributed by atoms with Crippen molar-refractivity contribution in [1.29, 1.82) is 0 Å². The van der Waals surface area contributed by atoms with Gasteiger partial charge in [-0.1, -0.05) is 37.3 Å². The van der Waals surface area contributed by atoms with E-state index in [4.69, 9.17) is 0 Å². The smallest absolute Gasteiger partial charge is 0.285 e. The van der Waals surface area contributed by atoms with Gasteiger partial charge in [0.15, 0.2) is 0 Å². The molecule has 3 aromatic rings. The third-order valence-electron chi connectivity index (χ3n) is 3.73. The Morgan fingerprint density at radius 1 is 1.30 bits per heavy atom. The van der Waals surface area contributed by atoms with E-state index in [0.717, 1.165) is 5.39 Å². The lowest BCUT2D eigenvalue weighted by atomic mass is 10.0. The van der Waals surface area contributed by atoms with Crippen LogP contribution in [0.5, 0.6) is 0 Å². The second kappa shape index (κ2) is 6.75. The molecule has 5 nitrogen and oxygen atoms in total. The molecule has 1 unspecified atom stereocenters. The van der Waals surface area contributed by atoms with E-state index in [2.05, 4.69) is 17.3 Å². The molecule has 0 spiro atoms. The molecule has 1 atom stereocenters. The first-order valence-electron chi connectivity index (χ1n) is 7.40. The Labute approximate surface area is 137 Å². The number of benzene rings is 1. The summed E-state index contributed by atoms with van der Waals surface area (Å²) < 4.78 is 1.84. The highest BCUT2D eigenvalue weighted by molar-refractivity contribution is 7.17. The number of thiophene rings is 1. The van der Waals surface area contributed by atoms with Crippen LogP contribution in [0, 0.1) is 0 Å². The summed E-state index contributed by atoms with van der Waals surface area (Å²) in [6, 6.07) is 11.8. The Morgan fingerprint density at radius 2 is 2.09 bits per heavy atom. The molecule has 0 radical (unpaired) electrons. The Bertz CT molecular complexity index is 870. The number of aromatic nitrogens is 2. The van der Waals surface area contributed by atoms with Gasteiger partial charge in [0.2, 0.25) is 5.91 Å². The predicted molar refractivity (Wildman–Crippen MR) is 91.7 cm³/mol. The number of hydrogen-bond donors (Lipinski definition) is 1. The van der Waals surface area contributed by atoms with Gasteiger partial charge in [0.1, 0.15) is 11.2 Å². The van der Waals surface area contributed by atoms with E-state index >= 15 is 0 Å². The molecule has 2 heterocycles. The maximum Gasteiger partial charge on any atom is 0.285 e. The van der Waals surface area contributed by atoms with E-state index < -0.39 is 0 Å². The zero-order valence-electron chi connectivity index (χ0n) is 12.7. The molecule has 2 aromatic heterocycles. The zero-order chi connectivity index (χ0) is 16.2. The van der Waals surface area contributed by atoms with Gasteiger partial charge >= 0.3 is 0 Å². The van der Waals surface area contributed by atoms with Gasteiger partial charge in [-0.3, -0.25) is 9.59 Å². The van der Waals surface area contributed by atoms with E-state index in [0.29, 0.717) is 11.2 Å². The summed E-state index contributed by atoms with van der Waals surface area (Å²) in [5.41, 5.74) is 0.951. The second-order valence-electron chi connectivity index (χ2n) is 5.43. The molecular formula is C17H17N3O2S. The molecule has 1 N–H and O–H groups in total. The molecule has 6 heteroatoms. The van der Waals surface area contributed by atoms with Gasteiger partial charge in [-0.05, 0) is 22.9 Å². The summed E-state index contributed by atoms with van der Waals surface area (Å²) in [5, 5.41) is 9.58. The summed E-state index contributed by atoms with van der Waals surface area (Å²) in [7, 11) is 0. The molecule has 0 saturated heterocycles. The number of hydrogen-bond acceptors (Lipinski definition) is 4. The molecule has 0 saturated carbocycles. The van der Waals surface area contributed by atoms with Crippen molar-refractivity contribution in [3.63, 3.8) is 0 Å². The Kier molecular flexibility index (Phi) is 4.52. The van der Waals surface area contributed by atoms with E-state index in [1.54, 1.807) is 6.20 Å². The lowest BCUT2D eigenvalue weighted by Crippen LogP contribution is -2.35. The highest BCUT2D eigenvalue weighted by Crippen LogP contribution is 2.15. The van der Waals surface area contributed by atoms with Crippen molar-refractivity contribution < 1.29 is 4.79 Å². The number of carbonyl (C=O) groups excluding carboxylic acids is 1. The van der Waals surface area contributed by atoms with E-state index in [9.17, 15) is 9.59 Å². The molecule has 0 bridgehead atoms. The van der Waals surface area contributed by atoms with Gasteiger partial charge in [-0.25, -0.2) is 4.68 Å². The lowest BCUT2D eigenvalue weighted by molar-refractivity contribution is -0.121. The lowest BCUT2D eigenvalue weighted by Gasteiger charge is -2.13. The van der Waals surface area contributed by atoms with Crippen molar-refractivity contribution in [2.75, 3.05) is 6.54 Å². The summed E-state index contributed by atoms with van der Waals surface area (Å²) in [6.45, 7) is 2.52. The van der Waals surface area contributed by atoms with Crippen LogP contribution >= 0.6 is 11.3 Å². The first-order chi connectivity index (χ1) is 11.1. The van der Waals surface area contributed by atoms with Crippen LogP contribution in [0.25, 0.3) is 10.1 Å². The number of amides is 1. The molecule has 23 heavy (non-hydrogen) atoms. The number of fused-ring (bicyclic) bond motifs is 1. The minimum atomic E-state index is -0.219. The van der Waals surface area contributed by atoms with Crippen molar-refractivity contribution in [2.24, 2.45) is 0 Å². The average Bonchev–Trinajstić information content (AvgIpc) is 3.05. The van der Waals surface area contributed by atoms with E-state index in [1.165, 1.54) is 21.6 Å². The average molecular weight is 327 g/mol. The maximum absolute atomic E-state index is 12.2. The molecule has 1 aromatic carbocycles. The minimum absolute atomic E-state index is 0.0613. The maximum atomic E-state index is 12.2. The van der Waals surface area contributed by atoms with Gasteiger partial charge in [0.05, 0.1) is 6.20 Å². The van der Waals surface area contributed by atoms with Crippen molar-refractivity contribution >= 4 is 27.3 Å². The van der Waals surface area contributed by atoms with Crippen LogP contribution in [0.3, 0.4) is 0 Å². The molecule has 118 valence electrons. The number of carbonyl (C=O) groups is 1. The molecule has 0 fully saturated rings. The fourth-order valence-electron chi connectivity index (χ4n) is 2.37. The topological polar surface area (TPSA) is 64.0 Å². The molecule has 0 aliphatic carbocycles. The van der Waals surface area contributed by atoms with Crippen LogP contribution in [0.1, 0.15) is 18.4 Å². The van der Waals surface area contributed by atoms with Crippen LogP contribution in [0.15, 0.2) is 52.8 Å². The molecule has 0 aliphatic rings. The van der Waals surface area contributed by atoms with Gasteiger partial charge in [0, 0.05) is 11.9 Å². The molecule has 0 aliphatic heterocycles. The van der Waals surface area contributed by atoms with Crippen molar-refractivity contribution in [3.05, 3.63) is 63.9 Å². The van der Waals surface area contributed by atoms with E-state index in [-0.39, 0.29) is 23.9 Å². The predicted octanol–water partition coefficient (Wildman–Crippen LogP) is 2.38. The normalized spacial score (nSPS) is 12.2. The first kappa shape index (κ1) is 15.4. The number of nitrogens with one attached hydrogen (secondary N) is 1. The summed E-state index contributed by atoms with van der Waals surface area (Å²) in [5.74, 6) is 0.00268. The highest BCUT2D eigenvalue weighted by Gasteiger charge is 2.11. The Morgan fingerprint density at radius 3 is 2.87 bits per heavy atom. The number of rotatable bonds is 5. The monoisotopic (exact) mass is 327 g/mol. The largest absolute Gasteiger partial charge is 0.354 e. The third-order valence-corrected chi connectivity index (χ3v) is 4.65. The van der Waals surface area contributed by atoms with Gasteiger partial charge in [0.25, 0.3) is 5.56 Å². The fraction of sp³-hybridized carbons (Fsp3) is 0.235. The molecule has 1 amide bonds. The van der Waals surface area contributed by atoms with Crippen LogP contribution in [0.2, 0.25) is 0 Å². The fourth-order valence-corrected chi connectivity index (χ4v) is 3.18. The van der Waals surface area contributed by atoms with Crippen LogP contribution in [0.4, 0.5) is 0 Å². The van der Waals surface area contributed by atoms with Gasteiger partial charge in [-0.2, -0.15) is 5.10 Å². The third kappa shape index (κ3) is 3.48.